The van der Waals surface area contributed by atoms with E-state index in [9.17, 15) is 18.0 Å². The molecule has 1 aliphatic rings. The highest BCUT2D eigenvalue weighted by Crippen LogP contribution is 2.33. The molecule has 1 aromatic carbocycles. The van der Waals surface area contributed by atoms with Crippen molar-refractivity contribution in [1.29, 1.82) is 0 Å². The van der Waals surface area contributed by atoms with Gasteiger partial charge in [-0.25, -0.2) is 0 Å². The summed E-state index contributed by atoms with van der Waals surface area (Å²) in [7, 11) is 1.99. The summed E-state index contributed by atoms with van der Waals surface area (Å²) in [5.41, 5.74) is 0.514. The van der Waals surface area contributed by atoms with Crippen LogP contribution in [0.4, 0.5) is 18.9 Å². The zero-order valence-corrected chi connectivity index (χ0v) is 17.8. The van der Waals surface area contributed by atoms with Crippen LogP contribution in [0.25, 0.3) is 0 Å². The molecule has 3 rings (SSSR count). The van der Waals surface area contributed by atoms with Gasteiger partial charge in [0.25, 0.3) is 5.91 Å². The molecule has 2 heterocycles. The Labute approximate surface area is 176 Å². The Balaban J connectivity index is 1.81. The number of alkyl halides is 3. The van der Waals surface area contributed by atoms with Gasteiger partial charge < -0.3 is 10.2 Å². The van der Waals surface area contributed by atoms with Crippen molar-refractivity contribution in [3.8, 4) is 0 Å². The van der Waals surface area contributed by atoms with Gasteiger partial charge in [0.2, 0.25) is 0 Å². The number of amides is 1. The van der Waals surface area contributed by atoms with Crippen LogP contribution in [-0.2, 0) is 12.7 Å². The summed E-state index contributed by atoms with van der Waals surface area (Å²) >= 11 is 3.32. The fourth-order valence-electron chi connectivity index (χ4n) is 3.14. The zero-order valence-electron chi connectivity index (χ0n) is 16.2. The first-order valence-corrected chi connectivity index (χ1v) is 9.97. The second-order valence-electron chi connectivity index (χ2n) is 7.19. The molecule has 0 radical (unpaired) electrons. The smallest absolute Gasteiger partial charge is 0.321 e. The van der Waals surface area contributed by atoms with Crippen LogP contribution in [0, 0.1) is 6.92 Å². The number of rotatable bonds is 4. The molecule has 29 heavy (non-hydrogen) atoms. The standard InChI is InChI=1S/C20H22BrF3N4O/c1-13-18(21)10-16(11-25-13)26-19(29)14-3-4-15(17(9-14)20(22,23)24)12-28-7-5-27(2)6-8-28/h3-4,9-11H,5-8,12H2,1-2H3,(H,26,29). The first kappa shape index (κ1) is 21.7. The highest BCUT2D eigenvalue weighted by atomic mass is 79.9. The third-order valence-electron chi connectivity index (χ3n) is 4.95. The second kappa shape index (κ2) is 8.81. The van der Waals surface area contributed by atoms with Crippen LogP contribution >= 0.6 is 15.9 Å². The summed E-state index contributed by atoms with van der Waals surface area (Å²) in [5, 5.41) is 2.60. The van der Waals surface area contributed by atoms with Crippen LogP contribution < -0.4 is 5.32 Å². The molecule has 9 heteroatoms. The SMILES string of the molecule is Cc1ncc(NC(=O)c2ccc(CN3CCN(C)CC3)c(C(F)(F)F)c2)cc1Br. The molecule has 1 fully saturated rings. The topological polar surface area (TPSA) is 48.5 Å². The maximum Gasteiger partial charge on any atom is 0.416 e. The lowest BCUT2D eigenvalue weighted by Crippen LogP contribution is -2.44. The number of anilines is 1. The van der Waals surface area contributed by atoms with Crippen molar-refractivity contribution in [1.82, 2.24) is 14.8 Å². The van der Waals surface area contributed by atoms with Crippen LogP contribution in [0.3, 0.4) is 0 Å². The molecular formula is C20H22BrF3N4O. The molecule has 0 saturated carbocycles. The fraction of sp³-hybridized carbons (Fsp3) is 0.400. The van der Waals surface area contributed by atoms with Gasteiger partial charge in [-0.05, 0) is 53.7 Å². The van der Waals surface area contributed by atoms with Crippen molar-refractivity contribution in [2.75, 3.05) is 38.5 Å². The number of nitrogens with one attached hydrogen (secondary N) is 1. The Hall–Kier alpha value is -1.97. The monoisotopic (exact) mass is 470 g/mol. The molecule has 0 unspecified atom stereocenters. The van der Waals surface area contributed by atoms with E-state index in [-0.39, 0.29) is 17.7 Å². The van der Waals surface area contributed by atoms with Crippen molar-refractivity contribution in [3.05, 3.63) is 57.3 Å². The maximum absolute atomic E-state index is 13.7. The largest absolute Gasteiger partial charge is 0.416 e. The Morgan fingerprint density at radius 3 is 2.52 bits per heavy atom. The van der Waals surface area contributed by atoms with Gasteiger partial charge in [0.1, 0.15) is 0 Å². The van der Waals surface area contributed by atoms with Gasteiger partial charge in [0.15, 0.2) is 0 Å². The van der Waals surface area contributed by atoms with E-state index in [0.717, 1.165) is 24.8 Å². The van der Waals surface area contributed by atoms with Crippen LogP contribution in [0.2, 0.25) is 0 Å². The number of piperazine rings is 1. The average Bonchev–Trinajstić information content (AvgIpc) is 2.66. The van der Waals surface area contributed by atoms with Crippen LogP contribution in [0.1, 0.15) is 27.2 Å². The van der Waals surface area contributed by atoms with Crippen molar-refractivity contribution >= 4 is 27.5 Å². The lowest BCUT2D eigenvalue weighted by atomic mass is 10.0. The van der Waals surface area contributed by atoms with E-state index in [1.54, 1.807) is 13.0 Å². The summed E-state index contributed by atoms with van der Waals surface area (Å²) in [6.45, 7) is 5.07. The van der Waals surface area contributed by atoms with E-state index in [4.69, 9.17) is 0 Å². The van der Waals surface area contributed by atoms with Crippen molar-refractivity contribution < 1.29 is 18.0 Å². The van der Waals surface area contributed by atoms with Crippen molar-refractivity contribution in [2.45, 2.75) is 19.6 Å². The highest BCUT2D eigenvalue weighted by molar-refractivity contribution is 9.10. The minimum absolute atomic E-state index is 0.0452. The zero-order chi connectivity index (χ0) is 21.2. The third kappa shape index (κ3) is 5.55. The van der Waals surface area contributed by atoms with Crippen LogP contribution in [0.15, 0.2) is 34.9 Å². The fourth-order valence-corrected chi connectivity index (χ4v) is 3.49. The Morgan fingerprint density at radius 1 is 1.21 bits per heavy atom. The number of likely N-dealkylation sites (N-methyl/N-ethyl adjacent to an activating group) is 1. The molecule has 0 spiro atoms. The van der Waals surface area contributed by atoms with E-state index in [2.05, 4.69) is 31.1 Å². The van der Waals surface area contributed by atoms with Gasteiger partial charge in [-0.3, -0.25) is 14.7 Å². The molecule has 1 N–H and O–H groups in total. The molecule has 0 atom stereocenters. The van der Waals surface area contributed by atoms with E-state index >= 15 is 0 Å². The molecule has 1 aliphatic heterocycles. The van der Waals surface area contributed by atoms with E-state index in [1.807, 2.05) is 11.9 Å². The third-order valence-corrected chi connectivity index (χ3v) is 5.75. The quantitative estimate of drug-likeness (QED) is 0.728. The first-order valence-electron chi connectivity index (χ1n) is 9.18. The number of aryl methyl sites for hydroxylation is 1. The van der Waals surface area contributed by atoms with Gasteiger partial charge in [-0.1, -0.05) is 6.07 Å². The predicted molar refractivity (Wildman–Crippen MR) is 109 cm³/mol. The van der Waals surface area contributed by atoms with E-state index < -0.39 is 17.6 Å². The number of benzene rings is 1. The van der Waals surface area contributed by atoms with Crippen LogP contribution in [0.5, 0.6) is 0 Å². The van der Waals surface area contributed by atoms with Crippen molar-refractivity contribution in [3.63, 3.8) is 0 Å². The maximum atomic E-state index is 13.7. The van der Waals surface area contributed by atoms with Gasteiger partial charge in [-0.2, -0.15) is 13.2 Å². The molecule has 1 aromatic heterocycles. The minimum Gasteiger partial charge on any atom is -0.321 e. The number of carbonyl (C=O) groups is 1. The molecule has 1 amide bonds. The molecule has 1 saturated heterocycles. The highest BCUT2D eigenvalue weighted by Gasteiger charge is 2.34. The molecule has 5 nitrogen and oxygen atoms in total. The number of carbonyl (C=O) groups excluding carboxylic acids is 1. The molecule has 0 bridgehead atoms. The summed E-state index contributed by atoms with van der Waals surface area (Å²) in [6, 6.07) is 5.43. The number of nitrogens with zero attached hydrogens (tertiary/aromatic N) is 3. The molecule has 2 aromatic rings. The number of pyridine rings is 1. The first-order chi connectivity index (χ1) is 13.6. The number of aromatic nitrogens is 1. The van der Waals surface area contributed by atoms with E-state index in [1.165, 1.54) is 18.3 Å². The summed E-state index contributed by atoms with van der Waals surface area (Å²) in [4.78, 5) is 20.8. The summed E-state index contributed by atoms with van der Waals surface area (Å²) in [5.74, 6) is -0.612. The second-order valence-corrected chi connectivity index (χ2v) is 8.05. The molecule has 0 aliphatic carbocycles. The van der Waals surface area contributed by atoms with Crippen molar-refractivity contribution in [2.24, 2.45) is 0 Å². The van der Waals surface area contributed by atoms with Gasteiger partial charge in [0.05, 0.1) is 23.1 Å². The predicted octanol–water partition coefficient (Wildman–Crippen LogP) is 4.17. The van der Waals surface area contributed by atoms with E-state index in [0.29, 0.717) is 23.2 Å². The van der Waals surface area contributed by atoms with Gasteiger partial charge in [0, 0.05) is 42.8 Å². The summed E-state index contributed by atoms with van der Waals surface area (Å²) < 4.78 is 41.7. The lowest BCUT2D eigenvalue weighted by molar-refractivity contribution is -0.138. The Bertz CT molecular complexity index is 896. The lowest BCUT2D eigenvalue weighted by Gasteiger charge is -2.33. The van der Waals surface area contributed by atoms with Crippen LogP contribution in [-0.4, -0.2) is 53.9 Å². The molecular weight excluding hydrogens is 449 g/mol. The minimum atomic E-state index is -4.54. The number of halogens is 4. The summed E-state index contributed by atoms with van der Waals surface area (Å²) in [6.07, 6.45) is -3.07. The number of hydrogen-bond acceptors (Lipinski definition) is 4. The normalized spacial score (nSPS) is 16.1. The number of hydrogen-bond donors (Lipinski definition) is 1. The van der Waals surface area contributed by atoms with Gasteiger partial charge in [-0.15, -0.1) is 0 Å². The van der Waals surface area contributed by atoms with Gasteiger partial charge >= 0.3 is 6.18 Å². The Morgan fingerprint density at radius 2 is 1.90 bits per heavy atom. The molecule has 156 valence electrons. The Kier molecular flexibility index (Phi) is 6.60. The average molecular weight is 471 g/mol.